The lowest BCUT2D eigenvalue weighted by atomic mass is 10.1. The smallest absolute Gasteiger partial charge is 0.246 e. The first-order valence-corrected chi connectivity index (χ1v) is 8.90. The average Bonchev–Trinajstić information content (AvgIpc) is 3.16. The number of rotatable bonds is 6. The maximum absolute atomic E-state index is 12.4. The topological polar surface area (TPSA) is 90.0 Å². The fraction of sp³-hybridized carbons (Fsp3) is 0.250. The Kier molecular flexibility index (Phi) is 4.50. The van der Waals surface area contributed by atoms with Crippen LogP contribution in [0.1, 0.15) is 22.6 Å². The standard InChI is InChI=1S/C16H18N4O3S/c1-12-16(13(2)23-19-12)24(21,22)18-9-14-4-3-5-15(8-14)10-20-7-6-17-11-20/h3-8,11,18H,9-10H2,1-2H3. The average molecular weight is 346 g/mol. The Morgan fingerprint density at radius 2 is 2.04 bits per heavy atom. The van der Waals surface area contributed by atoms with Crippen molar-refractivity contribution < 1.29 is 12.9 Å². The highest BCUT2D eigenvalue weighted by Gasteiger charge is 2.23. The van der Waals surface area contributed by atoms with E-state index in [4.69, 9.17) is 4.52 Å². The second-order valence-corrected chi connectivity index (χ2v) is 7.24. The van der Waals surface area contributed by atoms with E-state index in [0.29, 0.717) is 12.2 Å². The number of aromatic nitrogens is 3. The molecule has 0 aliphatic carbocycles. The quantitative estimate of drug-likeness (QED) is 0.737. The molecular formula is C16H18N4O3S. The molecule has 1 N–H and O–H groups in total. The largest absolute Gasteiger partial charge is 0.360 e. The second kappa shape index (κ2) is 6.58. The minimum atomic E-state index is -3.66. The Bertz CT molecular complexity index is 911. The van der Waals surface area contributed by atoms with Gasteiger partial charge in [0.15, 0.2) is 5.76 Å². The van der Waals surface area contributed by atoms with E-state index in [1.54, 1.807) is 26.4 Å². The van der Waals surface area contributed by atoms with Gasteiger partial charge >= 0.3 is 0 Å². The van der Waals surface area contributed by atoms with Crippen LogP contribution in [0.3, 0.4) is 0 Å². The number of benzene rings is 1. The van der Waals surface area contributed by atoms with Gasteiger partial charge in [-0.2, -0.15) is 0 Å². The van der Waals surface area contributed by atoms with Crippen LogP contribution in [0, 0.1) is 13.8 Å². The highest BCUT2D eigenvalue weighted by atomic mass is 32.2. The van der Waals surface area contributed by atoms with E-state index in [-0.39, 0.29) is 17.2 Å². The summed E-state index contributed by atoms with van der Waals surface area (Å²) in [7, 11) is -3.66. The molecule has 0 amide bonds. The van der Waals surface area contributed by atoms with Crippen molar-refractivity contribution in [1.82, 2.24) is 19.4 Å². The van der Waals surface area contributed by atoms with Gasteiger partial charge in [-0.1, -0.05) is 29.4 Å². The lowest BCUT2D eigenvalue weighted by Gasteiger charge is -2.08. The number of sulfonamides is 1. The molecule has 7 nitrogen and oxygen atoms in total. The minimum Gasteiger partial charge on any atom is -0.360 e. The van der Waals surface area contributed by atoms with E-state index in [1.807, 2.05) is 35.0 Å². The molecule has 24 heavy (non-hydrogen) atoms. The van der Waals surface area contributed by atoms with Gasteiger partial charge in [-0.3, -0.25) is 0 Å². The maximum atomic E-state index is 12.4. The predicted molar refractivity (Wildman–Crippen MR) is 87.8 cm³/mol. The third-order valence-corrected chi connectivity index (χ3v) is 5.26. The maximum Gasteiger partial charge on any atom is 0.246 e. The SMILES string of the molecule is Cc1noc(C)c1S(=O)(=O)NCc1cccc(Cn2ccnc2)c1. The first-order chi connectivity index (χ1) is 11.5. The van der Waals surface area contributed by atoms with Crippen molar-refractivity contribution in [3.8, 4) is 0 Å². The van der Waals surface area contributed by atoms with Crippen molar-refractivity contribution in [1.29, 1.82) is 0 Å². The molecule has 1 aromatic carbocycles. The monoisotopic (exact) mass is 346 g/mol. The summed E-state index contributed by atoms with van der Waals surface area (Å²) in [6.45, 7) is 4.08. The number of hydrogen-bond acceptors (Lipinski definition) is 5. The Morgan fingerprint density at radius 3 is 2.71 bits per heavy atom. The molecule has 0 aliphatic rings. The van der Waals surface area contributed by atoms with E-state index in [0.717, 1.165) is 11.1 Å². The molecule has 0 aliphatic heterocycles. The van der Waals surface area contributed by atoms with E-state index in [9.17, 15) is 8.42 Å². The van der Waals surface area contributed by atoms with Crippen molar-refractivity contribution >= 4 is 10.0 Å². The van der Waals surface area contributed by atoms with E-state index >= 15 is 0 Å². The first-order valence-electron chi connectivity index (χ1n) is 7.42. The zero-order chi connectivity index (χ0) is 17.2. The van der Waals surface area contributed by atoms with Crippen LogP contribution in [-0.2, 0) is 23.1 Å². The van der Waals surface area contributed by atoms with Gasteiger partial charge in [0, 0.05) is 25.5 Å². The Balaban J connectivity index is 1.73. The van der Waals surface area contributed by atoms with Crippen LogP contribution >= 0.6 is 0 Å². The summed E-state index contributed by atoms with van der Waals surface area (Å²) in [6.07, 6.45) is 5.35. The normalized spacial score (nSPS) is 11.8. The summed E-state index contributed by atoms with van der Waals surface area (Å²) >= 11 is 0. The third-order valence-electron chi connectivity index (χ3n) is 3.62. The van der Waals surface area contributed by atoms with Crippen LogP contribution in [0.4, 0.5) is 0 Å². The molecule has 2 heterocycles. The predicted octanol–water partition coefficient (Wildman–Crippen LogP) is 2.01. The molecule has 0 atom stereocenters. The molecule has 3 rings (SSSR count). The second-order valence-electron chi connectivity index (χ2n) is 5.53. The van der Waals surface area contributed by atoms with Gasteiger partial charge < -0.3 is 9.09 Å². The molecule has 0 saturated carbocycles. The van der Waals surface area contributed by atoms with Gasteiger partial charge in [-0.05, 0) is 25.0 Å². The summed E-state index contributed by atoms with van der Waals surface area (Å²) in [6, 6.07) is 7.75. The molecule has 3 aromatic rings. The molecule has 0 radical (unpaired) electrons. The molecule has 2 aromatic heterocycles. The number of nitrogens with zero attached hydrogens (tertiary/aromatic N) is 3. The summed E-state index contributed by atoms with van der Waals surface area (Å²) in [4.78, 5) is 4.12. The molecule has 0 spiro atoms. The van der Waals surface area contributed by atoms with Crippen LogP contribution < -0.4 is 4.72 Å². The molecular weight excluding hydrogens is 328 g/mol. The van der Waals surface area contributed by atoms with Crippen molar-refractivity contribution in [2.24, 2.45) is 0 Å². The molecule has 0 unspecified atom stereocenters. The van der Waals surface area contributed by atoms with Crippen LogP contribution in [0.5, 0.6) is 0 Å². The number of aryl methyl sites for hydroxylation is 2. The zero-order valence-electron chi connectivity index (χ0n) is 13.4. The summed E-state index contributed by atoms with van der Waals surface area (Å²) in [5, 5.41) is 3.69. The van der Waals surface area contributed by atoms with Gasteiger partial charge in [0.2, 0.25) is 10.0 Å². The Morgan fingerprint density at radius 1 is 1.25 bits per heavy atom. The highest BCUT2D eigenvalue weighted by molar-refractivity contribution is 7.89. The van der Waals surface area contributed by atoms with Gasteiger partial charge in [0.25, 0.3) is 0 Å². The van der Waals surface area contributed by atoms with Gasteiger partial charge in [0.05, 0.1) is 6.33 Å². The summed E-state index contributed by atoms with van der Waals surface area (Å²) in [5.74, 6) is 0.286. The Hall–Kier alpha value is -2.45. The van der Waals surface area contributed by atoms with Gasteiger partial charge in [0.1, 0.15) is 10.6 Å². The van der Waals surface area contributed by atoms with Crippen molar-refractivity contribution in [2.75, 3.05) is 0 Å². The highest BCUT2D eigenvalue weighted by Crippen LogP contribution is 2.19. The van der Waals surface area contributed by atoms with Crippen molar-refractivity contribution in [3.05, 3.63) is 65.6 Å². The van der Waals surface area contributed by atoms with Crippen LogP contribution in [0.25, 0.3) is 0 Å². The van der Waals surface area contributed by atoms with Gasteiger partial charge in [-0.25, -0.2) is 18.1 Å². The lowest BCUT2D eigenvalue weighted by molar-refractivity contribution is 0.390. The molecule has 0 fully saturated rings. The van der Waals surface area contributed by atoms with Crippen molar-refractivity contribution in [2.45, 2.75) is 31.8 Å². The number of nitrogens with one attached hydrogen (secondary N) is 1. The summed E-state index contributed by atoms with van der Waals surface area (Å²) < 4.78 is 34.3. The fourth-order valence-corrected chi connectivity index (χ4v) is 3.88. The zero-order valence-corrected chi connectivity index (χ0v) is 14.2. The lowest BCUT2D eigenvalue weighted by Crippen LogP contribution is -2.24. The van der Waals surface area contributed by atoms with Gasteiger partial charge in [-0.15, -0.1) is 0 Å². The van der Waals surface area contributed by atoms with Crippen LogP contribution in [0.15, 0.2) is 52.4 Å². The number of hydrogen-bond donors (Lipinski definition) is 1. The van der Waals surface area contributed by atoms with Crippen molar-refractivity contribution in [3.63, 3.8) is 0 Å². The van der Waals surface area contributed by atoms with E-state index in [2.05, 4.69) is 14.9 Å². The van der Waals surface area contributed by atoms with Crippen LogP contribution in [-0.4, -0.2) is 23.1 Å². The van der Waals surface area contributed by atoms with Crippen LogP contribution in [0.2, 0.25) is 0 Å². The number of imidazole rings is 1. The van der Waals surface area contributed by atoms with E-state index in [1.165, 1.54) is 0 Å². The third kappa shape index (κ3) is 3.55. The molecule has 0 bridgehead atoms. The first kappa shape index (κ1) is 16.4. The molecule has 8 heteroatoms. The van der Waals surface area contributed by atoms with E-state index < -0.39 is 10.0 Å². The summed E-state index contributed by atoms with van der Waals surface area (Å²) in [5.41, 5.74) is 2.30. The fourth-order valence-electron chi connectivity index (χ4n) is 2.54. The minimum absolute atomic E-state index is 0.108. The molecule has 0 saturated heterocycles. The Labute approximate surface area is 140 Å². The molecule has 126 valence electrons.